The Labute approximate surface area is 125 Å². The fourth-order valence-electron chi connectivity index (χ4n) is 4.28. The Hall–Kier alpha value is -1.39. The van der Waals surface area contributed by atoms with Crippen LogP contribution in [0.1, 0.15) is 24.8 Å². The van der Waals surface area contributed by atoms with E-state index in [1.165, 1.54) is 5.56 Å². The number of anilines is 1. The summed E-state index contributed by atoms with van der Waals surface area (Å²) in [7, 11) is 1.91. The topological polar surface area (TPSA) is 32.8 Å². The van der Waals surface area contributed by atoms with Gasteiger partial charge in [0.25, 0.3) is 0 Å². The molecule has 1 atom stereocenters. The fourth-order valence-corrected chi connectivity index (χ4v) is 4.28. The number of piperidine rings is 1. The number of hydrogen-bond donors (Lipinski definition) is 0. The molecule has 4 nitrogen and oxygen atoms in total. The summed E-state index contributed by atoms with van der Waals surface area (Å²) in [5, 5.41) is 0. The van der Waals surface area contributed by atoms with Gasteiger partial charge in [-0.2, -0.15) is 0 Å². The Bertz CT molecular complexity index is 558. The van der Waals surface area contributed by atoms with Gasteiger partial charge in [0, 0.05) is 25.4 Å². The second-order valence-electron chi connectivity index (χ2n) is 6.52. The molecule has 2 saturated heterocycles. The van der Waals surface area contributed by atoms with Crippen molar-refractivity contribution in [3.8, 4) is 0 Å². The summed E-state index contributed by atoms with van der Waals surface area (Å²) in [5.41, 5.74) is 2.06. The fraction of sp³-hybridized carbons (Fsp3) is 0.588. The van der Waals surface area contributed by atoms with Gasteiger partial charge >= 0.3 is 0 Å². The first-order valence-electron chi connectivity index (χ1n) is 7.92. The first kappa shape index (κ1) is 13.3. The van der Waals surface area contributed by atoms with Gasteiger partial charge in [0.2, 0.25) is 5.91 Å². The van der Waals surface area contributed by atoms with Crippen molar-refractivity contribution in [2.45, 2.75) is 30.7 Å². The van der Waals surface area contributed by atoms with Crippen molar-refractivity contribution in [3.63, 3.8) is 0 Å². The molecule has 0 unspecified atom stereocenters. The van der Waals surface area contributed by atoms with Crippen molar-refractivity contribution < 1.29 is 9.53 Å². The van der Waals surface area contributed by atoms with Crippen LogP contribution in [-0.4, -0.2) is 50.2 Å². The van der Waals surface area contributed by atoms with Crippen LogP contribution in [0.4, 0.5) is 5.69 Å². The minimum Gasteiger partial charge on any atom is -0.380 e. The Morgan fingerprint density at radius 1 is 1.24 bits per heavy atom. The van der Waals surface area contributed by atoms with Crippen LogP contribution >= 0.6 is 0 Å². The lowest BCUT2D eigenvalue weighted by Crippen LogP contribution is -2.50. The van der Waals surface area contributed by atoms with Gasteiger partial charge in [-0.3, -0.25) is 9.69 Å². The molecule has 3 heterocycles. The van der Waals surface area contributed by atoms with Crippen LogP contribution in [0, 0.1) is 0 Å². The van der Waals surface area contributed by atoms with Gasteiger partial charge in [0.1, 0.15) is 0 Å². The summed E-state index contributed by atoms with van der Waals surface area (Å²) < 4.78 is 5.50. The van der Waals surface area contributed by atoms with Crippen molar-refractivity contribution in [2.24, 2.45) is 0 Å². The van der Waals surface area contributed by atoms with E-state index in [4.69, 9.17) is 4.74 Å². The molecule has 112 valence electrons. The monoisotopic (exact) mass is 286 g/mol. The van der Waals surface area contributed by atoms with E-state index in [-0.39, 0.29) is 11.3 Å². The molecule has 1 aromatic carbocycles. The van der Waals surface area contributed by atoms with Crippen molar-refractivity contribution in [3.05, 3.63) is 29.8 Å². The SMILES string of the molecule is CN1C(=O)C2(CCN([C@H]3CCOC3)CC2)c2ccccc21. The summed E-state index contributed by atoms with van der Waals surface area (Å²) in [5.74, 6) is 0.283. The Balaban J connectivity index is 1.60. The molecule has 1 aromatic rings. The number of fused-ring (bicyclic) bond motifs is 2. The number of carbonyl (C=O) groups is 1. The predicted octanol–water partition coefficient (Wildman–Crippen LogP) is 1.79. The third kappa shape index (κ3) is 1.86. The van der Waals surface area contributed by atoms with Gasteiger partial charge in [-0.25, -0.2) is 0 Å². The second kappa shape index (κ2) is 4.82. The number of carbonyl (C=O) groups excluding carboxylic acids is 1. The maximum absolute atomic E-state index is 12.8. The van der Waals surface area contributed by atoms with Crippen LogP contribution in [-0.2, 0) is 14.9 Å². The molecule has 1 amide bonds. The Kier molecular flexibility index (Phi) is 3.05. The lowest BCUT2D eigenvalue weighted by molar-refractivity contribution is -0.124. The molecule has 3 aliphatic rings. The molecule has 21 heavy (non-hydrogen) atoms. The standard InChI is InChI=1S/C17H22N2O2/c1-18-15-5-3-2-4-14(15)17(16(18)20)7-9-19(10-8-17)13-6-11-21-12-13/h2-5,13H,6-12H2,1H3/t13-/m0/s1. The lowest BCUT2D eigenvalue weighted by Gasteiger charge is -2.40. The minimum absolute atomic E-state index is 0.276. The molecule has 0 radical (unpaired) electrons. The smallest absolute Gasteiger partial charge is 0.237 e. The first-order chi connectivity index (χ1) is 10.2. The third-order valence-corrected chi connectivity index (χ3v) is 5.57. The van der Waals surface area contributed by atoms with Gasteiger partial charge in [0.15, 0.2) is 0 Å². The molecular weight excluding hydrogens is 264 g/mol. The lowest BCUT2D eigenvalue weighted by atomic mass is 9.73. The van der Waals surface area contributed by atoms with Gasteiger partial charge in [-0.15, -0.1) is 0 Å². The van der Waals surface area contributed by atoms with Gasteiger partial charge in [0.05, 0.1) is 12.0 Å². The van der Waals surface area contributed by atoms with Crippen molar-refractivity contribution in [2.75, 3.05) is 38.3 Å². The van der Waals surface area contributed by atoms with E-state index in [2.05, 4.69) is 23.1 Å². The molecule has 0 N–H and O–H groups in total. The average Bonchev–Trinajstić information content (AvgIpc) is 3.13. The minimum atomic E-state index is -0.276. The van der Waals surface area contributed by atoms with Crippen molar-refractivity contribution >= 4 is 11.6 Å². The largest absolute Gasteiger partial charge is 0.380 e. The maximum Gasteiger partial charge on any atom is 0.237 e. The zero-order valence-electron chi connectivity index (χ0n) is 12.5. The molecule has 4 heteroatoms. The zero-order valence-corrected chi connectivity index (χ0v) is 12.5. The Morgan fingerprint density at radius 3 is 2.71 bits per heavy atom. The average molecular weight is 286 g/mol. The van der Waals surface area contributed by atoms with Crippen LogP contribution in [0.15, 0.2) is 24.3 Å². The van der Waals surface area contributed by atoms with Gasteiger partial charge in [-0.05, 0) is 44.0 Å². The second-order valence-corrected chi connectivity index (χ2v) is 6.52. The summed E-state index contributed by atoms with van der Waals surface area (Å²) in [6.07, 6.45) is 3.00. The van der Waals surface area contributed by atoms with Crippen LogP contribution in [0.5, 0.6) is 0 Å². The number of amides is 1. The van der Waals surface area contributed by atoms with E-state index in [9.17, 15) is 4.79 Å². The molecule has 0 aliphatic carbocycles. The molecule has 1 spiro atoms. The van der Waals surface area contributed by atoms with Gasteiger partial charge < -0.3 is 9.64 Å². The first-order valence-corrected chi connectivity index (χ1v) is 7.92. The Morgan fingerprint density at radius 2 is 2.00 bits per heavy atom. The number of likely N-dealkylation sites (N-methyl/N-ethyl adjacent to an activating group) is 1. The number of hydrogen-bond acceptors (Lipinski definition) is 3. The highest BCUT2D eigenvalue weighted by atomic mass is 16.5. The highest BCUT2D eigenvalue weighted by Gasteiger charge is 2.51. The van der Waals surface area contributed by atoms with Crippen LogP contribution in [0.25, 0.3) is 0 Å². The van der Waals surface area contributed by atoms with Crippen LogP contribution in [0.2, 0.25) is 0 Å². The molecule has 0 aromatic heterocycles. The predicted molar refractivity (Wildman–Crippen MR) is 81.6 cm³/mol. The number of rotatable bonds is 1. The van der Waals surface area contributed by atoms with Gasteiger partial charge in [-0.1, -0.05) is 18.2 Å². The molecule has 2 fully saturated rings. The summed E-state index contributed by atoms with van der Waals surface area (Å²) in [6, 6.07) is 8.85. The number of likely N-dealkylation sites (tertiary alicyclic amines) is 1. The number of benzene rings is 1. The molecular formula is C17H22N2O2. The van der Waals surface area contributed by atoms with E-state index in [1.54, 1.807) is 0 Å². The molecule has 0 bridgehead atoms. The number of ether oxygens (including phenoxy) is 1. The molecule has 4 rings (SSSR count). The number of nitrogens with zero attached hydrogens (tertiary/aromatic N) is 2. The summed E-state index contributed by atoms with van der Waals surface area (Å²) in [6.45, 7) is 3.75. The summed E-state index contributed by atoms with van der Waals surface area (Å²) >= 11 is 0. The highest BCUT2D eigenvalue weighted by Crippen LogP contribution is 2.47. The van der Waals surface area contributed by atoms with E-state index in [0.717, 1.165) is 51.3 Å². The van der Waals surface area contributed by atoms with Crippen molar-refractivity contribution in [1.82, 2.24) is 4.90 Å². The van der Waals surface area contributed by atoms with E-state index < -0.39 is 0 Å². The third-order valence-electron chi connectivity index (χ3n) is 5.57. The number of para-hydroxylation sites is 1. The maximum atomic E-state index is 12.8. The van der Waals surface area contributed by atoms with E-state index in [0.29, 0.717) is 6.04 Å². The van der Waals surface area contributed by atoms with Crippen LogP contribution in [0.3, 0.4) is 0 Å². The summed E-state index contributed by atoms with van der Waals surface area (Å²) in [4.78, 5) is 17.2. The van der Waals surface area contributed by atoms with Crippen LogP contribution < -0.4 is 4.90 Å². The van der Waals surface area contributed by atoms with Crippen molar-refractivity contribution in [1.29, 1.82) is 0 Å². The molecule has 0 saturated carbocycles. The zero-order chi connectivity index (χ0) is 14.4. The van der Waals surface area contributed by atoms with E-state index >= 15 is 0 Å². The normalized spacial score (nSPS) is 28.3. The van der Waals surface area contributed by atoms with E-state index in [1.807, 2.05) is 18.0 Å². The quantitative estimate of drug-likeness (QED) is 0.789. The highest BCUT2D eigenvalue weighted by molar-refractivity contribution is 6.07. The molecule has 3 aliphatic heterocycles.